The molecule has 0 aliphatic heterocycles. The van der Waals surface area contributed by atoms with Crippen LogP contribution in [-0.2, 0) is 6.54 Å². The molecule has 0 spiro atoms. The maximum atomic E-state index is 12.4. The number of carbonyl (C=O) groups excluding carboxylic acids is 1. The van der Waals surface area contributed by atoms with Crippen molar-refractivity contribution in [1.82, 2.24) is 5.32 Å². The van der Waals surface area contributed by atoms with Gasteiger partial charge in [-0.2, -0.15) is 0 Å². The number of ether oxygens (including phenoxy) is 1. The predicted octanol–water partition coefficient (Wildman–Crippen LogP) is 3.73. The average Bonchev–Trinajstić information content (AvgIpc) is 2.52. The highest BCUT2D eigenvalue weighted by atomic mass is 19.4. The van der Waals surface area contributed by atoms with E-state index in [0.29, 0.717) is 0 Å². The summed E-state index contributed by atoms with van der Waals surface area (Å²) in [4.78, 5) is 22.5. The molecule has 25 heavy (non-hydrogen) atoms. The van der Waals surface area contributed by atoms with Gasteiger partial charge in [0.2, 0.25) is 0 Å². The third-order valence-corrected chi connectivity index (χ3v) is 3.38. The number of hydrogen-bond acceptors (Lipinski definition) is 4. The van der Waals surface area contributed by atoms with Gasteiger partial charge in [0.15, 0.2) is 0 Å². The molecule has 2 rings (SSSR count). The molecule has 0 heterocycles. The minimum absolute atomic E-state index is 0.0726. The van der Waals surface area contributed by atoms with Crippen LogP contribution in [0.4, 0.5) is 18.9 Å². The van der Waals surface area contributed by atoms with Gasteiger partial charge in [0.25, 0.3) is 11.6 Å². The van der Waals surface area contributed by atoms with Crippen molar-refractivity contribution < 1.29 is 27.6 Å². The number of para-hydroxylation sites is 1. The third-order valence-electron chi connectivity index (χ3n) is 3.38. The molecule has 0 radical (unpaired) electrons. The van der Waals surface area contributed by atoms with Gasteiger partial charge in [0.1, 0.15) is 5.75 Å². The summed E-state index contributed by atoms with van der Waals surface area (Å²) in [5.74, 6) is -1.06. The minimum atomic E-state index is -4.85. The van der Waals surface area contributed by atoms with Crippen LogP contribution in [0.1, 0.15) is 21.5 Å². The number of amides is 1. The SMILES string of the molecule is Cc1c(C(=O)NCc2ccccc2OC(F)(F)F)cccc1[N+](=O)[O-]. The first-order valence-corrected chi connectivity index (χ1v) is 7.05. The van der Waals surface area contributed by atoms with E-state index in [9.17, 15) is 28.1 Å². The lowest BCUT2D eigenvalue weighted by Gasteiger charge is -2.14. The van der Waals surface area contributed by atoms with E-state index in [1.54, 1.807) is 0 Å². The molecule has 9 heteroatoms. The summed E-state index contributed by atoms with van der Waals surface area (Å²) in [6, 6.07) is 9.41. The molecule has 132 valence electrons. The van der Waals surface area contributed by atoms with Crippen molar-refractivity contribution in [3.05, 3.63) is 69.3 Å². The smallest absolute Gasteiger partial charge is 0.405 e. The summed E-state index contributed by atoms with van der Waals surface area (Å²) in [5, 5.41) is 13.3. The van der Waals surface area contributed by atoms with Crippen LogP contribution in [0, 0.1) is 17.0 Å². The van der Waals surface area contributed by atoms with E-state index in [4.69, 9.17) is 0 Å². The van der Waals surface area contributed by atoms with Crippen molar-refractivity contribution in [3.63, 3.8) is 0 Å². The Bertz CT molecular complexity index is 806. The molecule has 1 amide bonds. The van der Waals surface area contributed by atoms with Crippen LogP contribution in [0.3, 0.4) is 0 Å². The minimum Gasteiger partial charge on any atom is -0.405 e. The van der Waals surface area contributed by atoms with Crippen molar-refractivity contribution in [2.24, 2.45) is 0 Å². The summed E-state index contributed by atoms with van der Waals surface area (Å²) in [5.41, 5.74) is 0.151. The molecule has 0 fully saturated rings. The number of rotatable bonds is 5. The van der Waals surface area contributed by atoms with E-state index in [1.807, 2.05) is 0 Å². The summed E-state index contributed by atoms with van der Waals surface area (Å²) < 4.78 is 41.1. The van der Waals surface area contributed by atoms with Gasteiger partial charge < -0.3 is 10.1 Å². The summed E-state index contributed by atoms with van der Waals surface area (Å²) in [6.07, 6.45) is -4.85. The number of nitro benzene ring substituents is 1. The van der Waals surface area contributed by atoms with Gasteiger partial charge in [-0.3, -0.25) is 14.9 Å². The zero-order chi connectivity index (χ0) is 18.6. The van der Waals surface area contributed by atoms with Crippen LogP contribution in [0.25, 0.3) is 0 Å². The Labute approximate surface area is 140 Å². The number of hydrogen-bond donors (Lipinski definition) is 1. The second-order valence-electron chi connectivity index (χ2n) is 5.05. The number of nitrogens with one attached hydrogen (secondary N) is 1. The Morgan fingerprint density at radius 1 is 1.20 bits per heavy atom. The Kier molecular flexibility index (Phi) is 5.26. The highest BCUT2D eigenvalue weighted by Crippen LogP contribution is 2.26. The molecule has 1 N–H and O–H groups in total. The van der Waals surface area contributed by atoms with Gasteiger partial charge in [-0.05, 0) is 19.1 Å². The Morgan fingerprint density at radius 2 is 1.88 bits per heavy atom. The van der Waals surface area contributed by atoms with Gasteiger partial charge >= 0.3 is 6.36 Å². The Hall–Kier alpha value is -3.10. The van der Waals surface area contributed by atoms with Crippen molar-refractivity contribution in [2.45, 2.75) is 19.8 Å². The number of carbonyl (C=O) groups is 1. The van der Waals surface area contributed by atoms with Gasteiger partial charge in [-0.25, -0.2) is 0 Å². The molecule has 0 atom stereocenters. The molecule has 0 aliphatic carbocycles. The maximum Gasteiger partial charge on any atom is 0.573 e. The third kappa shape index (κ3) is 4.69. The number of halogens is 3. The largest absolute Gasteiger partial charge is 0.573 e. The first-order valence-electron chi connectivity index (χ1n) is 7.05. The molecular weight excluding hydrogens is 341 g/mol. The number of alkyl halides is 3. The Balaban J connectivity index is 2.16. The standard InChI is InChI=1S/C16H13F3N2O4/c1-10-12(6-4-7-13(10)21(23)24)15(22)20-9-11-5-2-3-8-14(11)25-16(17,18)19/h2-8H,9H2,1H3,(H,20,22). The van der Waals surface area contributed by atoms with Gasteiger partial charge in [-0.15, -0.1) is 13.2 Å². The normalized spacial score (nSPS) is 11.0. The molecule has 0 aromatic heterocycles. The molecule has 0 saturated heterocycles. The van der Waals surface area contributed by atoms with E-state index in [2.05, 4.69) is 10.1 Å². The molecule has 0 bridgehead atoms. The lowest BCUT2D eigenvalue weighted by Crippen LogP contribution is -2.25. The second kappa shape index (κ2) is 7.20. The molecule has 0 aliphatic rings. The molecular formula is C16H13F3N2O4. The van der Waals surface area contributed by atoms with E-state index in [-0.39, 0.29) is 28.9 Å². The van der Waals surface area contributed by atoms with Gasteiger partial charge in [0.05, 0.1) is 4.92 Å². The Morgan fingerprint density at radius 3 is 2.52 bits per heavy atom. The monoisotopic (exact) mass is 354 g/mol. The van der Waals surface area contributed by atoms with Crippen molar-refractivity contribution in [2.75, 3.05) is 0 Å². The fourth-order valence-corrected chi connectivity index (χ4v) is 2.21. The van der Waals surface area contributed by atoms with Crippen LogP contribution in [-0.4, -0.2) is 17.2 Å². The summed E-state index contributed by atoms with van der Waals surface area (Å²) >= 11 is 0. The van der Waals surface area contributed by atoms with Crippen LogP contribution < -0.4 is 10.1 Å². The van der Waals surface area contributed by atoms with Crippen molar-refractivity contribution in [3.8, 4) is 5.75 Å². The first kappa shape index (κ1) is 18.2. The van der Waals surface area contributed by atoms with E-state index in [1.165, 1.54) is 43.3 Å². The average molecular weight is 354 g/mol. The van der Waals surface area contributed by atoms with Crippen molar-refractivity contribution in [1.29, 1.82) is 0 Å². The van der Waals surface area contributed by atoms with Crippen molar-refractivity contribution >= 4 is 11.6 Å². The van der Waals surface area contributed by atoms with E-state index < -0.39 is 22.9 Å². The maximum absolute atomic E-state index is 12.4. The lowest BCUT2D eigenvalue weighted by molar-refractivity contribution is -0.385. The first-order chi connectivity index (χ1) is 11.7. The molecule has 2 aromatic carbocycles. The molecule has 0 unspecified atom stereocenters. The zero-order valence-corrected chi connectivity index (χ0v) is 13.0. The molecule has 2 aromatic rings. The summed E-state index contributed by atoms with van der Waals surface area (Å²) in [6.45, 7) is 1.20. The number of nitro groups is 1. The highest BCUT2D eigenvalue weighted by molar-refractivity contribution is 5.96. The van der Waals surface area contributed by atoms with Crippen LogP contribution in [0.15, 0.2) is 42.5 Å². The lowest BCUT2D eigenvalue weighted by atomic mass is 10.1. The molecule has 6 nitrogen and oxygen atoms in total. The quantitative estimate of drug-likeness (QED) is 0.655. The zero-order valence-electron chi connectivity index (χ0n) is 13.0. The fraction of sp³-hybridized carbons (Fsp3) is 0.188. The van der Waals surface area contributed by atoms with Crippen LogP contribution in [0.5, 0.6) is 5.75 Å². The number of nitrogens with zero attached hydrogens (tertiary/aromatic N) is 1. The number of benzene rings is 2. The van der Waals surface area contributed by atoms with Crippen LogP contribution >= 0.6 is 0 Å². The topological polar surface area (TPSA) is 81.5 Å². The second-order valence-corrected chi connectivity index (χ2v) is 5.05. The van der Waals surface area contributed by atoms with Gasteiger partial charge in [0, 0.05) is 29.3 Å². The molecule has 0 saturated carbocycles. The summed E-state index contributed by atoms with van der Waals surface area (Å²) in [7, 11) is 0. The van der Waals surface area contributed by atoms with Crippen LogP contribution in [0.2, 0.25) is 0 Å². The van der Waals surface area contributed by atoms with Gasteiger partial charge in [-0.1, -0.05) is 24.3 Å². The van der Waals surface area contributed by atoms with E-state index in [0.717, 1.165) is 6.07 Å². The fourth-order valence-electron chi connectivity index (χ4n) is 2.21. The van der Waals surface area contributed by atoms with E-state index >= 15 is 0 Å². The highest BCUT2D eigenvalue weighted by Gasteiger charge is 2.32. The predicted molar refractivity (Wildman–Crippen MR) is 82.1 cm³/mol.